The van der Waals surface area contributed by atoms with Crippen LogP contribution in [0.3, 0.4) is 0 Å². The van der Waals surface area contributed by atoms with Gasteiger partial charge < -0.3 is 29.0 Å². The summed E-state index contributed by atoms with van der Waals surface area (Å²) in [4.78, 5) is 15.9. The molecule has 42 heavy (non-hydrogen) atoms. The van der Waals surface area contributed by atoms with E-state index in [1.54, 1.807) is 19.2 Å². The number of hydrogen-bond donors (Lipinski definition) is 1. The van der Waals surface area contributed by atoms with Crippen LogP contribution in [0.15, 0.2) is 53.0 Å². The van der Waals surface area contributed by atoms with Crippen LogP contribution in [0, 0.1) is 6.92 Å². The number of methoxy groups -OCH3 is 3. The Morgan fingerprint density at radius 3 is 2.17 bits per heavy atom. The minimum absolute atomic E-state index is 0.0823. The van der Waals surface area contributed by atoms with Crippen LogP contribution in [0.2, 0.25) is 0 Å². The lowest BCUT2D eigenvalue weighted by Crippen LogP contribution is -2.38. The molecular formula is C32H39BrN4O5. The van der Waals surface area contributed by atoms with E-state index in [4.69, 9.17) is 23.9 Å². The van der Waals surface area contributed by atoms with Gasteiger partial charge in [-0.3, -0.25) is 0 Å². The van der Waals surface area contributed by atoms with Crippen molar-refractivity contribution >= 4 is 26.8 Å². The van der Waals surface area contributed by atoms with Crippen molar-refractivity contribution in [3.05, 3.63) is 75.4 Å². The molecule has 1 N–H and O–H groups in total. The van der Waals surface area contributed by atoms with Crippen LogP contribution >= 0.6 is 15.9 Å². The van der Waals surface area contributed by atoms with Crippen LogP contribution in [0.1, 0.15) is 48.6 Å². The van der Waals surface area contributed by atoms with Gasteiger partial charge in [0, 0.05) is 51.8 Å². The maximum absolute atomic E-state index is 13.1. The molecule has 0 spiro atoms. The van der Waals surface area contributed by atoms with E-state index in [1.165, 1.54) is 14.2 Å². The average molecular weight is 640 g/mol. The summed E-state index contributed by atoms with van der Waals surface area (Å²) in [5.41, 5.74) is 2.10. The number of nitrogens with zero attached hydrogens (tertiary/aromatic N) is 4. The maximum Gasteiger partial charge on any atom is 0.217 e. The Morgan fingerprint density at radius 1 is 0.881 bits per heavy atom. The Morgan fingerprint density at radius 2 is 1.57 bits per heavy atom. The van der Waals surface area contributed by atoms with Crippen LogP contribution in [0.25, 0.3) is 10.9 Å². The van der Waals surface area contributed by atoms with E-state index >= 15 is 0 Å². The molecule has 2 unspecified atom stereocenters. The summed E-state index contributed by atoms with van der Waals surface area (Å²) in [6.07, 6.45) is 0.267. The lowest BCUT2D eigenvalue weighted by Gasteiger charge is -2.39. The van der Waals surface area contributed by atoms with E-state index in [9.17, 15) is 5.11 Å². The summed E-state index contributed by atoms with van der Waals surface area (Å²) < 4.78 is 23.9. The Bertz CT molecular complexity index is 1530. The van der Waals surface area contributed by atoms with E-state index in [1.807, 2.05) is 76.2 Å². The van der Waals surface area contributed by atoms with E-state index in [0.29, 0.717) is 47.6 Å². The van der Waals surface area contributed by atoms with Gasteiger partial charge in [0.25, 0.3) is 0 Å². The summed E-state index contributed by atoms with van der Waals surface area (Å²) in [7, 11) is 8.62. The zero-order valence-electron chi connectivity index (χ0n) is 25.4. The topological polar surface area (TPSA) is 99.1 Å². The Kier molecular flexibility index (Phi) is 9.91. The van der Waals surface area contributed by atoms with Gasteiger partial charge in [0.15, 0.2) is 0 Å². The molecule has 3 heterocycles. The number of fused-ring (bicyclic) bond motifs is 1. The third kappa shape index (κ3) is 6.94. The van der Waals surface area contributed by atoms with Gasteiger partial charge in [-0.1, -0.05) is 15.9 Å². The summed E-state index contributed by atoms with van der Waals surface area (Å²) >= 11 is 3.59. The molecule has 0 aliphatic carbocycles. The lowest BCUT2D eigenvalue weighted by atomic mass is 9.71. The van der Waals surface area contributed by atoms with Crippen LogP contribution < -0.4 is 18.9 Å². The van der Waals surface area contributed by atoms with Crippen molar-refractivity contribution in [3.63, 3.8) is 0 Å². The number of halogens is 1. The minimum atomic E-state index is -1.51. The monoisotopic (exact) mass is 638 g/mol. The largest absolute Gasteiger partial charge is 0.481 e. The van der Waals surface area contributed by atoms with Crippen molar-refractivity contribution in [3.8, 4) is 23.5 Å². The standard InChI is InChI=1S/C32H39BrN4O5/c1-19(2)42-29-16-22(13-20(3)34-29)30(25-15-21-14-24(33)9-10-26(21)35-31(25)41-8)32(38,11-12-37(4)5)23-17-27(39-6)36-28(18-23)40-7/h9-10,13-19,30,38H,11-12H2,1-8H3. The number of hydrogen-bond acceptors (Lipinski definition) is 9. The highest BCUT2D eigenvalue weighted by Crippen LogP contribution is 2.49. The second kappa shape index (κ2) is 13.2. The molecule has 0 aliphatic rings. The van der Waals surface area contributed by atoms with Gasteiger partial charge in [0.2, 0.25) is 23.5 Å². The van der Waals surface area contributed by atoms with E-state index in [2.05, 4.69) is 25.9 Å². The third-order valence-corrected chi connectivity index (χ3v) is 7.52. The molecular weight excluding hydrogens is 600 g/mol. The molecule has 0 bridgehead atoms. The molecule has 0 aliphatic heterocycles. The van der Waals surface area contributed by atoms with Gasteiger partial charge >= 0.3 is 0 Å². The van der Waals surface area contributed by atoms with Crippen LogP contribution in [-0.2, 0) is 5.60 Å². The van der Waals surface area contributed by atoms with Crippen molar-refractivity contribution in [1.82, 2.24) is 19.9 Å². The van der Waals surface area contributed by atoms with Crippen LogP contribution in [0.4, 0.5) is 0 Å². The van der Waals surface area contributed by atoms with Crippen molar-refractivity contribution in [2.75, 3.05) is 42.0 Å². The highest BCUT2D eigenvalue weighted by molar-refractivity contribution is 9.10. The molecule has 3 aromatic heterocycles. The zero-order chi connectivity index (χ0) is 30.6. The summed E-state index contributed by atoms with van der Waals surface area (Å²) in [6.45, 7) is 6.41. The van der Waals surface area contributed by atoms with Crippen LogP contribution in [0.5, 0.6) is 23.5 Å². The molecule has 9 nitrogen and oxygen atoms in total. The maximum atomic E-state index is 13.1. The fourth-order valence-electron chi connectivity index (χ4n) is 5.15. The number of ether oxygens (including phenoxy) is 4. The first-order valence-corrected chi connectivity index (χ1v) is 14.5. The van der Waals surface area contributed by atoms with E-state index in [0.717, 1.165) is 26.6 Å². The fourth-order valence-corrected chi connectivity index (χ4v) is 5.53. The molecule has 4 rings (SSSR count). The minimum Gasteiger partial charge on any atom is -0.481 e. The average Bonchev–Trinajstić information content (AvgIpc) is 2.94. The Hall–Kier alpha value is -3.47. The molecule has 0 saturated carbocycles. The third-order valence-electron chi connectivity index (χ3n) is 7.03. The molecule has 0 radical (unpaired) electrons. The smallest absolute Gasteiger partial charge is 0.217 e. The van der Waals surface area contributed by atoms with Gasteiger partial charge in [-0.2, -0.15) is 4.98 Å². The predicted molar refractivity (Wildman–Crippen MR) is 167 cm³/mol. The first-order valence-electron chi connectivity index (χ1n) is 13.7. The van der Waals surface area contributed by atoms with E-state index < -0.39 is 11.5 Å². The highest BCUT2D eigenvalue weighted by atomic mass is 79.9. The van der Waals surface area contributed by atoms with Gasteiger partial charge in [-0.25, -0.2) is 9.97 Å². The molecule has 4 aromatic rings. The molecule has 0 saturated heterocycles. The second-order valence-electron chi connectivity index (χ2n) is 10.8. The quantitative estimate of drug-likeness (QED) is 0.204. The van der Waals surface area contributed by atoms with Crippen LogP contribution in [-0.4, -0.2) is 73.0 Å². The molecule has 0 fully saturated rings. The molecule has 10 heteroatoms. The van der Waals surface area contributed by atoms with Crippen molar-refractivity contribution in [2.24, 2.45) is 0 Å². The number of pyridine rings is 3. The second-order valence-corrected chi connectivity index (χ2v) is 11.7. The normalized spacial score (nSPS) is 13.7. The molecule has 0 amide bonds. The van der Waals surface area contributed by atoms with Gasteiger partial charge in [0.05, 0.1) is 33.0 Å². The lowest BCUT2D eigenvalue weighted by molar-refractivity contribution is 0.00321. The van der Waals surface area contributed by atoms with Gasteiger partial charge in [0.1, 0.15) is 5.60 Å². The molecule has 224 valence electrons. The molecule has 2 atom stereocenters. The fraction of sp³-hybridized carbons (Fsp3) is 0.406. The summed E-state index contributed by atoms with van der Waals surface area (Å²) in [6, 6.07) is 15.3. The number of benzene rings is 1. The highest BCUT2D eigenvalue weighted by Gasteiger charge is 2.43. The first kappa shape index (κ1) is 31.5. The SMILES string of the molecule is COc1cc(C(O)(CCN(C)C)C(c2cc(C)nc(OC(C)C)c2)c2cc3cc(Br)ccc3nc2OC)cc(OC)n1. The summed E-state index contributed by atoms with van der Waals surface area (Å²) in [5.74, 6) is 0.866. The van der Waals surface area contributed by atoms with E-state index in [-0.39, 0.29) is 6.10 Å². The first-order chi connectivity index (χ1) is 20.0. The van der Waals surface area contributed by atoms with Crippen molar-refractivity contribution in [2.45, 2.75) is 44.8 Å². The number of aromatic nitrogens is 3. The number of rotatable bonds is 12. The van der Waals surface area contributed by atoms with Crippen molar-refractivity contribution in [1.29, 1.82) is 0 Å². The van der Waals surface area contributed by atoms with Crippen molar-refractivity contribution < 1.29 is 24.1 Å². The Labute approximate surface area is 256 Å². The number of aliphatic hydroxyl groups is 1. The molecule has 1 aromatic carbocycles. The Balaban J connectivity index is 2.11. The predicted octanol–water partition coefficient (Wildman–Crippen LogP) is 5.88. The summed E-state index contributed by atoms with van der Waals surface area (Å²) in [5, 5.41) is 14.0. The number of aryl methyl sites for hydroxylation is 1. The zero-order valence-corrected chi connectivity index (χ0v) is 27.0. The van der Waals surface area contributed by atoms with Gasteiger partial charge in [-0.15, -0.1) is 0 Å². The van der Waals surface area contributed by atoms with Gasteiger partial charge in [-0.05, 0) is 82.7 Å².